The van der Waals surface area contributed by atoms with Gasteiger partial charge >= 0.3 is 0 Å². The number of aromatic amines is 1. The summed E-state index contributed by atoms with van der Waals surface area (Å²) < 4.78 is 19.9. The quantitative estimate of drug-likeness (QED) is 0.777. The topological polar surface area (TPSA) is 67.6 Å². The van der Waals surface area contributed by atoms with Crippen molar-refractivity contribution in [2.45, 2.75) is 20.3 Å². The van der Waals surface area contributed by atoms with Gasteiger partial charge in [-0.25, -0.2) is 4.39 Å². The second-order valence-corrected chi connectivity index (χ2v) is 5.42. The van der Waals surface area contributed by atoms with Gasteiger partial charge in [-0.05, 0) is 47.0 Å². The number of benzene rings is 1. The van der Waals surface area contributed by atoms with Gasteiger partial charge in [-0.3, -0.25) is 5.10 Å². The van der Waals surface area contributed by atoms with Crippen LogP contribution in [0.25, 0.3) is 23.0 Å². The van der Waals surface area contributed by atoms with Crippen LogP contribution in [0.1, 0.15) is 18.2 Å². The van der Waals surface area contributed by atoms with E-state index in [1.54, 1.807) is 12.1 Å². The van der Waals surface area contributed by atoms with Crippen LogP contribution in [0.4, 0.5) is 4.39 Å². The summed E-state index contributed by atoms with van der Waals surface area (Å²) in [6.07, 6.45) is 0.793. The van der Waals surface area contributed by atoms with Crippen LogP contribution < -0.4 is 0 Å². The number of halogens is 2. The van der Waals surface area contributed by atoms with Crippen LogP contribution in [0.2, 0.25) is 0 Å². The Labute approximate surface area is 128 Å². The zero-order valence-electron chi connectivity index (χ0n) is 11.4. The van der Waals surface area contributed by atoms with Crippen molar-refractivity contribution in [3.8, 4) is 23.0 Å². The summed E-state index contributed by atoms with van der Waals surface area (Å²) >= 11 is 3.44. The average molecular weight is 351 g/mol. The van der Waals surface area contributed by atoms with Crippen molar-refractivity contribution in [2.75, 3.05) is 0 Å². The van der Waals surface area contributed by atoms with Crippen molar-refractivity contribution < 1.29 is 8.91 Å². The maximum absolute atomic E-state index is 13.9. The Bertz CT molecular complexity index is 796. The molecule has 0 atom stereocenters. The fourth-order valence-electron chi connectivity index (χ4n) is 1.97. The van der Waals surface area contributed by atoms with Crippen LogP contribution in [0.3, 0.4) is 0 Å². The number of aryl methyl sites for hydroxylation is 2. The first-order valence-electron chi connectivity index (χ1n) is 6.43. The summed E-state index contributed by atoms with van der Waals surface area (Å²) in [6, 6.07) is 4.87. The molecule has 3 rings (SSSR count). The molecule has 0 fully saturated rings. The van der Waals surface area contributed by atoms with Crippen molar-refractivity contribution >= 4 is 15.9 Å². The number of hydrogen-bond acceptors (Lipinski definition) is 4. The summed E-state index contributed by atoms with van der Waals surface area (Å²) in [6.45, 7) is 3.82. The molecular weight excluding hydrogens is 339 g/mol. The normalized spacial score (nSPS) is 11.0. The molecule has 0 amide bonds. The zero-order chi connectivity index (χ0) is 15.0. The van der Waals surface area contributed by atoms with Gasteiger partial charge in [0.05, 0.1) is 10.0 Å². The van der Waals surface area contributed by atoms with Crippen LogP contribution in [-0.2, 0) is 6.42 Å². The number of nitrogens with one attached hydrogen (secondary N) is 1. The first kappa shape index (κ1) is 13.9. The lowest BCUT2D eigenvalue weighted by molar-refractivity contribution is 0.430. The minimum atomic E-state index is -0.377. The van der Waals surface area contributed by atoms with E-state index in [-0.39, 0.29) is 17.5 Å². The predicted molar refractivity (Wildman–Crippen MR) is 79.1 cm³/mol. The summed E-state index contributed by atoms with van der Waals surface area (Å²) in [7, 11) is 0. The summed E-state index contributed by atoms with van der Waals surface area (Å²) in [4.78, 5) is 4.22. The van der Waals surface area contributed by atoms with Crippen LogP contribution in [0, 0.1) is 12.7 Å². The van der Waals surface area contributed by atoms with Crippen molar-refractivity contribution in [3.05, 3.63) is 39.7 Å². The Hall–Kier alpha value is -2.02. The highest BCUT2D eigenvalue weighted by atomic mass is 79.9. The van der Waals surface area contributed by atoms with E-state index in [4.69, 9.17) is 4.52 Å². The minimum Gasteiger partial charge on any atom is -0.332 e. The first-order valence-corrected chi connectivity index (χ1v) is 7.22. The molecular formula is C14H12BrFN4O. The number of H-pyrrole nitrogens is 1. The smallest absolute Gasteiger partial charge is 0.279 e. The lowest BCUT2D eigenvalue weighted by atomic mass is 10.1. The Morgan fingerprint density at radius 2 is 2.19 bits per heavy atom. The molecule has 0 aliphatic heterocycles. The lowest BCUT2D eigenvalue weighted by Crippen LogP contribution is -1.88. The van der Waals surface area contributed by atoms with Gasteiger partial charge in [0.2, 0.25) is 5.82 Å². The maximum Gasteiger partial charge on any atom is 0.279 e. The summed E-state index contributed by atoms with van der Waals surface area (Å²) in [5.74, 6) is 0.0703. The van der Waals surface area contributed by atoms with Gasteiger partial charge in [-0.15, -0.1) is 0 Å². The Morgan fingerprint density at radius 3 is 2.86 bits per heavy atom. The fraction of sp³-hybridized carbons (Fsp3) is 0.214. The third-order valence-corrected chi connectivity index (χ3v) is 3.98. The highest BCUT2D eigenvalue weighted by molar-refractivity contribution is 9.10. The number of nitrogens with zero attached hydrogens (tertiary/aromatic N) is 3. The summed E-state index contributed by atoms with van der Waals surface area (Å²) in [5.41, 5.74) is 2.60. The molecule has 7 heteroatoms. The molecule has 1 aromatic carbocycles. The predicted octanol–water partition coefficient (Wildman–Crippen LogP) is 3.90. The SMILES string of the molecule is CCc1[nH]nc(-c2nc(-c3ccc(C)cc3F)no2)c1Br. The van der Waals surface area contributed by atoms with Crippen molar-refractivity contribution in [2.24, 2.45) is 0 Å². The van der Waals surface area contributed by atoms with E-state index in [1.807, 2.05) is 13.8 Å². The molecule has 0 radical (unpaired) electrons. The van der Waals surface area contributed by atoms with Crippen LogP contribution in [-0.4, -0.2) is 20.3 Å². The molecule has 21 heavy (non-hydrogen) atoms. The Morgan fingerprint density at radius 1 is 1.38 bits per heavy atom. The van der Waals surface area contributed by atoms with E-state index in [0.29, 0.717) is 11.3 Å². The van der Waals surface area contributed by atoms with Gasteiger partial charge in [-0.1, -0.05) is 18.1 Å². The second-order valence-electron chi connectivity index (χ2n) is 4.62. The van der Waals surface area contributed by atoms with Gasteiger partial charge < -0.3 is 4.52 Å². The van der Waals surface area contributed by atoms with E-state index in [9.17, 15) is 4.39 Å². The van der Waals surface area contributed by atoms with E-state index >= 15 is 0 Å². The fourth-order valence-corrected chi connectivity index (χ4v) is 2.60. The molecule has 0 bridgehead atoms. The highest BCUT2D eigenvalue weighted by Gasteiger charge is 2.19. The second kappa shape index (κ2) is 5.40. The number of aromatic nitrogens is 4. The van der Waals surface area contributed by atoms with Crippen LogP contribution in [0.5, 0.6) is 0 Å². The molecule has 5 nitrogen and oxygen atoms in total. The Balaban J connectivity index is 2.01. The molecule has 2 heterocycles. The zero-order valence-corrected chi connectivity index (χ0v) is 13.0. The number of hydrogen-bond donors (Lipinski definition) is 1. The van der Waals surface area contributed by atoms with E-state index < -0.39 is 0 Å². The van der Waals surface area contributed by atoms with E-state index in [2.05, 4.69) is 36.3 Å². The molecule has 0 unspecified atom stereocenters. The van der Waals surface area contributed by atoms with E-state index in [1.165, 1.54) is 6.07 Å². The monoisotopic (exact) mass is 350 g/mol. The highest BCUT2D eigenvalue weighted by Crippen LogP contribution is 2.30. The largest absolute Gasteiger partial charge is 0.332 e. The first-order chi connectivity index (χ1) is 10.1. The molecule has 0 saturated heterocycles. The molecule has 0 spiro atoms. The molecule has 0 aliphatic carbocycles. The van der Waals surface area contributed by atoms with Crippen LogP contribution in [0.15, 0.2) is 27.2 Å². The van der Waals surface area contributed by atoms with Gasteiger partial charge in [-0.2, -0.15) is 10.1 Å². The molecule has 3 aromatic rings. The minimum absolute atomic E-state index is 0.204. The summed E-state index contributed by atoms with van der Waals surface area (Å²) in [5, 5.41) is 10.9. The maximum atomic E-state index is 13.9. The molecule has 1 N–H and O–H groups in total. The van der Waals surface area contributed by atoms with Gasteiger partial charge in [0.25, 0.3) is 5.89 Å². The third-order valence-electron chi connectivity index (χ3n) is 3.12. The molecule has 2 aromatic heterocycles. The average Bonchev–Trinajstić information content (AvgIpc) is 3.05. The van der Waals surface area contributed by atoms with E-state index in [0.717, 1.165) is 22.2 Å². The molecule has 0 aliphatic rings. The standard InChI is InChI=1S/C14H12BrFN4O/c1-3-10-11(15)12(19-18-10)14-17-13(20-21-14)8-5-4-7(2)6-9(8)16/h4-6H,3H2,1-2H3,(H,18,19). The molecule has 108 valence electrons. The van der Waals surface area contributed by atoms with Gasteiger partial charge in [0, 0.05) is 5.69 Å². The molecule has 0 saturated carbocycles. The van der Waals surface area contributed by atoms with Crippen molar-refractivity contribution in [3.63, 3.8) is 0 Å². The van der Waals surface area contributed by atoms with Crippen molar-refractivity contribution in [1.29, 1.82) is 0 Å². The van der Waals surface area contributed by atoms with Crippen molar-refractivity contribution in [1.82, 2.24) is 20.3 Å². The third kappa shape index (κ3) is 2.49. The Kier molecular flexibility index (Phi) is 3.59. The van der Waals surface area contributed by atoms with Crippen LogP contribution >= 0.6 is 15.9 Å². The van der Waals surface area contributed by atoms with Gasteiger partial charge in [0.1, 0.15) is 5.82 Å². The van der Waals surface area contributed by atoms with Gasteiger partial charge in [0.15, 0.2) is 5.69 Å². The number of rotatable bonds is 3. The lowest BCUT2D eigenvalue weighted by Gasteiger charge is -1.98.